The summed E-state index contributed by atoms with van der Waals surface area (Å²) >= 11 is 6.29. The van der Waals surface area contributed by atoms with E-state index in [9.17, 15) is 0 Å². The van der Waals surface area contributed by atoms with Crippen LogP contribution in [0.25, 0.3) is 0 Å². The lowest BCUT2D eigenvalue weighted by atomic mass is 9.89. The average molecular weight is 282 g/mol. The third-order valence-corrected chi connectivity index (χ3v) is 4.31. The van der Waals surface area contributed by atoms with Gasteiger partial charge in [-0.15, -0.1) is 0 Å². The zero-order valence-electron chi connectivity index (χ0n) is 11.9. The van der Waals surface area contributed by atoms with Crippen molar-refractivity contribution in [2.24, 2.45) is 5.92 Å². The van der Waals surface area contributed by atoms with Gasteiger partial charge in [-0.25, -0.2) is 0 Å². The Morgan fingerprint density at radius 2 is 1.95 bits per heavy atom. The van der Waals surface area contributed by atoms with Gasteiger partial charge in [0.25, 0.3) is 0 Å². The van der Waals surface area contributed by atoms with Crippen LogP contribution in [0.5, 0.6) is 0 Å². The lowest BCUT2D eigenvalue weighted by Crippen LogP contribution is -2.27. The van der Waals surface area contributed by atoms with Crippen molar-refractivity contribution >= 4 is 11.6 Å². The second kappa shape index (κ2) is 7.28. The first-order chi connectivity index (χ1) is 9.20. The zero-order chi connectivity index (χ0) is 13.7. The molecule has 0 bridgehead atoms. The third kappa shape index (κ3) is 4.20. The van der Waals surface area contributed by atoms with E-state index in [0.717, 1.165) is 23.0 Å². The van der Waals surface area contributed by atoms with Gasteiger partial charge in [-0.1, -0.05) is 36.7 Å². The lowest BCUT2D eigenvalue weighted by molar-refractivity contribution is -0.0355. The van der Waals surface area contributed by atoms with Gasteiger partial charge >= 0.3 is 0 Å². The van der Waals surface area contributed by atoms with Crippen molar-refractivity contribution < 1.29 is 4.74 Å². The van der Waals surface area contributed by atoms with Crippen molar-refractivity contribution in [3.05, 3.63) is 34.9 Å². The van der Waals surface area contributed by atoms with E-state index in [4.69, 9.17) is 16.3 Å². The standard InChI is InChI=1S/C16H24ClNO/c1-12-7-9-13(10-8-12)19-16(11-18-2)14-5-3-4-6-15(14)17/h3-6,12-13,16,18H,7-11H2,1-2H3. The monoisotopic (exact) mass is 281 g/mol. The molecule has 106 valence electrons. The molecule has 1 atom stereocenters. The van der Waals surface area contributed by atoms with Crippen LogP contribution in [-0.4, -0.2) is 19.7 Å². The van der Waals surface area contributed by atoms with Gasteiger partial charge < -0.3 is 10.1 Å². The molecule has 1 saturated carbocycles. The molecule has 0 heterocycles. The highest BCUT2D eigenvalue weighted by atomic mass is 35.5. The SMILES string of the molecule is CNCC(OC1CCC(C)CC1)c1ccccc1Cl. The Morgan fingerprint density at radius 1 is 1.26 bits per heavy atom. The first kappa shape index (κ1) is 14.8. The van der Waals surface area contributed by atoms with Crippen LogP contribution in [0.3, 0.4) is 0 Å². The summed E-state index contributed by atoms with van der Waals surface area (Å²) in [5, 5.41) is 4.01. The minimum Gasteiger partial charge on any atom is -0.369 e. The van der Waals surface area contributed by atoms with Gasteiger partial charge in [0.1, 0.15) is 0 Å². The maximum atomic E-state index is 6.30. The van der Waals surface area contributed by atoms with E-state index in [2.05, 4.69) is 18.3 Å². The first-order valence-corrected chi connectivity index (χ1v) is 7.63. The van der Waals surface area contributed by atoms with E-state index in [-0.39, 0.29) is 6.10 Å². The molecule has 1 aromatic carbocycles. The van der Waals surface area contributed by atoms with Crippen molar-refractivity contribution in [1.82, 2.24) is 5.32 Å². The minimum absolute atomic E-state index is 0.0529. The molecule has 0 spiro atoms. The molecule has 1 aromatic rings. The molecule has 19 heavy (non-hydrogen) atoms. The van der Waals surface area contributed by atoms with Gasteiger partial charge in [-0.2, -0.15) is 0 Å². The Morgan fingerprint density at radius 3 is 2.58 bits per heavy atom. The molecule has 0 aromatic heterocycles. The Bertz CT molecular complexity index is 388. The molecule has 1 N–H and O–H groups in total. The molecule has 1 aliphatic rings. The highest BCUT2D eigenvalue weighted by Gasteiger charge is 2.23. The topological polar surface area (TPSA) is 21.3 Å². The highest BCUT2D eigenvalue weighted by Crippen LogP contribution is 2.31. The second-order valence-electron chi connectivity index (χ2n) is 5.59. The number of halogens is 1. The Balaban J connectivity index is 2.02. The fraction of sp³-hybridized carbons (Fsp3) is 0.625. The number of benzene rings is 1. The molecule has 0 saturated heterocycles. The molecule has 2 nitrogen and oxygen atoms in total. The van der Waals surface area contributed by atoms with Gasteiger partial charge in [-0.3, -0.25) is 0 Å². The zero-order valence-corrected chi connectivity index (χ0v) is 12.6. The van der Waals surface area contributed by atoms with Gasteiger partial charge in [-0.05, 0) is 44.7 Å². The summed E-state index contributed by atoms with van der Waals surface area (Å²) in [4.78, 5) is 0. The van der Waals surface area contributed by atoms with E-state index < -0.39 is 0 Å². The van der Waals surface area contributed by atoms with Crippen LogP contribution in [0.15, 0.2) is 24.3 Å². The number of nitrogens with one attached hydrogen (secondary N) is 1. The van der Waals surface area contributed by atoms with Crippen molar-refractivity contribution in [2.75, 3.05) is 13.6 Å². The van der Waals surface area contributed by atoms with Crippen molar-refractivity contribution in [1.29, 1.82) is 0 Å². The number of hydrogen-bond acceptors (Lipinski definition) is 2. The van der Waals surface area contributed by atoms with Crippen molar-refractivity contribution in [3.63, 3.8) is 0 Å². The summed E-state index contributed by atoms with van der Waals surface area (Å²) < 4.78 is 6.30. The number of rotatable bonds is 5. The maximum absolute atomic E-state index is 6.30. The maximum Gasteiger partial charge on any atom is 0.0967 e. The number of ether oxygens (including phenoxy) is 1. The molecule has 1 aliphatic carbocycles. The van der Waals surface area contributed by atoms with E-state index in [1.807, 2.05) is 25.2 Å². The van der Waals surface area contributed by atoms with Crippen LogP contribution < -0.4 is 5.32 Å². The molecule has 1 fully saturated rings. The van der Waals surface area contributed by atoms with Crippen LogP contribution in [0, 0.1) is 5.92 Å². The van der Waals surface area contributed by atoms with Gasteiger partial charge in [0.05, 0.1) is 12.2 Å². The molecule has 2 rings (SSSR count). The first-order valence-electron chi connectivity index (χ1n) is 7.25. The van der Waals surface area contributed by atoms with Crippen LogP contribution in [-0.2, 0) is 4.74 Å². The molecular weight excluding hydrogens is 258 g/mol. The van der Waals surface area contributed by atoms with E-state index in [1.165, 1.54) is 25.7 Å². The molecular formula is C16H24ClNO. The number of likely N-dealkylation sites (N-methyl/N-ethyl adjacent to an activating group) is 1. The van der Waals surface area contributed by atoms with E-state index in [0.29, 0.717) is 6.10 Å². The summed E-state index contributed by atoms with van der Waals surface area (Å²) in [6.07, 6.45) is 5.33. The van der Waals surface area contributed by atoms with Crippen LogP contribution in [0.1, 0.15) is 44.3 Å². The average Bonchev–Trinajstić information content (AvgIpc) is 2.41. The van der Waals surface area contributed by atoms with E-state index >= 15 is 0 Å². The predicted molar refractivity (Wildman–Crippen MR) is 80.6 cm³/mol. The minimum atomic E-state index is 0.0529. The predicted octanol–water partition coefficient (Wildman–Crippen LogP) is 4.20. The van der Waals surface area contributed by atoms with Crippen molar-refractivity contribution in [3.8, 4) is 0 Å². The Kier molecular flexibility index (Phi) is 5.68. The summed E-state index contributed by atoms with van der Waals surface area (Å²) in [6, 6.07) is 7.99. The Hall–Kier alpha value is -0.570. The Labute approximate surface area is 121 Å². The second-order valence-corrected chi connectivity index (χ2v) is 5.99. The lowest BCUT2D eigenvalue weighted by Gasteiger charge is -2.30. The normalized spacial score (nSPS) is 25.2. The molecule has 3 heteroatoms. The molecule has 0 aliphatic heterocycles. The summed E-state index contributed by atoms with van der Waals surface area (Å²) in [5.74, 6) is 0.850. The summed E-state index contributed by atoms with van der Waals surface area (Å²) in [7, 11) is 1.95. The molecule has 1 unspecified atom stereocenters. The molecule has 0 amide bonds. The van der Waals surface area contributed by atoms with Crippen molar-refractivity contribution in [2.45, 2.75) is 44.8 Å². The summed E-state index contributed by atoms with van der Waals surface area (Å²) in [6.45, 7) is 3.13. The van der Waals surface area contributed by atoms with Crippen LogP contribution >= 0.6 is 11.6 Å². The fourth-order valence-corrected chi connectivity index (χ4v) is 3.01. The summed E-state index contributed by atoms with van der Waals surface area (Å²) in [5.41, 5.74) is 1.09. The highest BCUT2D eigenvalue weighted by molar-refractivity contribution is 6.31. The van der Waals surface area contributed by atoms with Gasteiger partial charge in [0.2, 0.25) is 0 Å². The number of hydrogen-bond donors (Lipinski definition) is 1. The molecule has 0 radical (unpaired) electrons. The largest absolute Gasteiger partial charge is 0.369 e. The van der Waals surface area contributed by atoms with Gasteiger partial charge in [0, 0.05) is 17.1 Å². The van der Waals surface area contributed by atoms with Gasteiger partial charge in [0.15, 0.2) is 0 Å². The smallest absolute Gasteiger partial charge is 0.0967 e. The van der Waals surface area contributed by atoms with Crippen LogP contribution in [0.4, 0.5) is 0 Å². The fourth-order valence-electron chi connectivity index (χ4n) is 2.75. The quantitative estimate of drug-likeness (QED) is 0.873. The van der Waals surface area contributed by atoms with E-state index in [1.54, 1.807) is 0 Å². The third-order valence-electron chi connectivity index (χ3n) is 3.96. The van der Waals surface area contributed by atoms with Crippen LogP contribution in [0.2, 0.25) is 5.02 Å².